The van der Waals surface area contributed by atoms with E-state index < -0.39 is 30.0 Å². The summed E-state index contributed by atoms with van der Waals surface area (Å²) in [5, 5.41) is 23.4. The first-order chi connectivity index (χ1) is 22.6. The fourth-order valence-corrected chi connectivity index (χ4v) is 5.53. The van der Waals surface area contributed by atoms with Crippen molar-refractivity contribution >= 4 is 17.5 Å². The molecule has 246 valence electrons. The predicted molar refractivity (Wildman–Crippen MR) is 177 cm³/mol. The average Bonchev–Trinajstić information content (AvgIpc) is 3.07. The number of aliphatic hydroxyl groups is 2. The van der Waals surface area contributed by atoms with Crippen LogP contribution in [0.3, 0.4) is 0 Å². The summed E-state index contributed by atoms with van der Waals surface area (Å²) in [4.78, 5) is 30.7. The Labute approximate surface area is 274 Å². The molecule has 1 heterocycles. The maximum absolute atomic E-state index is 13.8. The maximum Gasteiger partial charge on any atom is 0.258 e. The molecule has 0 bridgehead atoms. The number of amides is 2. The maximum atomic E-state index is 13.8. The molecule has 5 rings (SSSR count). The minimum absolute atomic E-state index is 0.154. The molecule has 47 heavy (non-hydrogen) atoms. The second-order valence-electron chi connectivity index (χ2n) is 12.0. The summed E-state index contributed by atoms with van der Waals surface area (Å²) in [5.41, 5.74) is 1.73. The Morgan fingerprint density at radius 1 is 1.02 bits per heavy atom. The van der Waals surface area contributed by atoms with Gasteiger partial charge < -0.3 is 29.9 Å². The number of hydrogen-bond acceptors (Lipinski definition) is 7. The van der Waals surface area contributed by atoms with E-state index >= 15 is 0 Å². The SMILES string of the molecule is C[C@@H]1CN([C@@H](C)CO)C(=O)c2cccc(NC(=O)C(O)c3ccc(F)cc3)c2O[C@@H]1CN(C)Cc1ccc(Oc2ccccc2)cc1. The number of anilines is 1. The number of carbonyl (C=O) groups is 2. The monoisotopic (exact) mass is 641 g/mol. The number of nitrogens with zero attached hydrogens (tertiary/aromatic N) is 2. The highest BCUT2D eigenvalue weighted by molar-refractivity contribution is 6.02. The smallest absolute Gasteiger partial charge is 0.258 e. The third-order valence-electron chi connectivity index (χ3n) is 8.23. The second kappa shape index (κ2) is 15.2. The molecule has 0 saturated heterocycles. The molecule has 9 nitrogen and oxygen atoms in total. The number of nitrogens with one attached hydrogen (secondary N) is 1. The molecule has 0 fully saturated rings. The van der Waals surface area contributed by atoms with Crippen LogP contribution in [0, 0.1) is 11.7 Å². The third-order valence-corrected chi connectivity index (χ3v) is 8.23. The Morgan fingerprint density at radius 2 is 1.70 bits per heavy atom. The molecule has 4 aromatic carbocycles. The summed E-state index contributed by atoms with van der Waals surface area (Å²) in [6.45, 7) is 5.00. The standard InChI is InChI=1S/C37H40FN3O6/c1-24-20-41(25(2)23-42)37(45)31-10-7-11-32(39-36(44)34(43)27-14-16-28(38)17-15-27)35(31)47-33(24)22-40(3)21-26-12-18-30(19-13-26)46-29-8-5-4-6-9-29/h4-19,24-25,33-34,42-43H,20-23H2,1-3H3,(H,39,44)/t24-,25+,33-,34?/m1/s1. The van der Waals surface area contributed by atoms with Gasteiger partial charge in [0.25, 0.3) is 11.8 Å². The van der Waals surface area contributed by atoms with Crippen molar-refractivity contribution in [2.24, 2.45) is 5.92 Å². The van der Waals surface area contributed by atoms with Gasteiger partial charge >= 0.3 is 0 Å². The zero-order valence-corrected chi connectivity index (χ0v) is 26.7. The molecule has 4 atom stereocenters. The van der Waals surface area contributed by atoms with Crippen LogP contribution < -0.4 is 14.8 Å². The van der Waals surface area contributed by atoms with Gasteiger partial charge in [-0.05, 0) is 73.6 Å². The van der Waals surface area contributed by atoms with Crippen LogP contribution >= 0.6 is 0 Å². The van der Waals surface area contributed by atoms with Crippen molar-refractivity contribution in [3.05, 3.63) is 120 Å². The molecule has 4 aromatic rings. The first-order valence-electron chi connectivity index (χ1n) is 15.6. The summed E-state index contributed by atoms with van der Waals surface area (Å²) in [6.07, 6.45) is -1.99. The van der Waals surface area contributed by atoms with Crippen molar-refractivity contribution in [3.8, 4) is 17.2 Å². The number of likely N-dealkylation sites (N-methyl/N-ethyl adjacent to an activating group) is 1. The highest BCUT2D eigenvalue weighted by atomic mass is 19.1. The highest BCUT2D eigenvalue weighted by Crippen LogP contribution is 2.35. The molecule has 10 heteroatoms. The number of rotatable bonds is 11. The number of halogens is 1. The largest absolute Gasteiger partial charge is 0.486 e. The Hall–Kier alpha value is -4.77. The lowest BCUT2D eigenvalue weighted by Crippen LogP contribution is -2.49. The number of para-hydroxylation sites is 2. The second-order valence-corrected chi connectivity index (χ2v) is 12.0. The molecular weight excluding hydrogens is 601 g/mol. The lowest BCUT2D eigenvalue weighted by Gasteiger charge is -2.38. The van der Waals surface area contributed by atoms with Crippen LogP contribution in [-0.2, 0) is 11.3 Å². The van der Waals surface area contributed by atoms with Crippen LogP contribution in [-0.4, -0.2) is 70.7 Å². The van der Waals surface area contributed by atoms with Gasteiger partial charge in [0.05, 0.1) is 23.9 Å². The van der Waals surface area contributed by atoms with Gasteiger partial charge in [0, 0.05) is 25.6 Å². The number of ether oxygens (including phenoxy) is 2. The molecule has 0 spiro atoms. The van der Waals surface area contributed by atoms with E-state index in [9.17, 15) is 24.2 Å². The minimum atomic E-state index is -1.58. The van der Waals surface area contributed by atoms with Crippen LogP contribution in [0.2, 0.25) is 0 Å². The highest BCUT2D eigenvalue weighted by Gasteiger charge is 2.35. The van der Waals surface area contributed by atoms with E-state index in [2.05, 4.69) is 10.2 Å². The van der Waals surface area contributed by atoms with Gasteiger partial charge in [-0.1, -0.05) is 55.5 Å². The van der Waals surface area contributed by atoms with Gasteiger partial charge in [-0.15, -0.1) is 0 Å². The molecule has 0 aromatic heterocycles. The zero-order valence-electron chi connectivity index (χ0n) is 26.7. The van der Waals surface area contributed by atoms with E-state index in [1.165, 1.54) is 12.1 Å². The van der Waals surface area contributed by atoms with Gasteiger partial charge in [-0.25, -0.2) is 4.39 Å². The van der Waals surface area contributed by atoms with Crippen molar-refractivity contribution < 1.29 is 33.7 Å². The molecule has 2 amide bonds. The Morgan fingerprint density at radius 3 is 2.38 bits per heavy atom. The van der Waals surface area contributed by atoms with E-state index in [-0.39, 0.29) is 41.0 Å². The topological polar surface area (TPSA) is 112 Å². The summed E-state index contributed by atoms with van der Waals surface area (Å²) >= 11 is 0. The number of carbonyl (C=O) groups excluding carboxylic acids is 2. The first kappa shape index (κ1) is 33.6. The summed E-state index contributed by atoms with van der Waals surface area (Å²) in [5.74, 6) is -0.0648. The molecular formula is C37H40FN3O6. The van der Waals surface area contributed by atoms with E-state index in [1.807, 2.05) is 68.6 Å². The number of fused-ring (bicyclic) bond motifs is 1. The van der Waals surface area contributed by atoms with E-state index in [4.69, 9.17) is 9.47 Å². The van der Waals surface area contributed by atoms with Gasteiger partial charge in [0.2, 0.25) is 0 Å². The van der Waals surface area contributed by atoms with Crippen LogP contribution in [0.1, 0.15) is 41.4 Å². The zero-order chi connectivity index (χ0) is 33.5. The van der Waals surface area contributed by atoms with Crippen molar-refractivity contribution in [3.63, 3.8) is 0 Å². The average molecular weight is 642 g/mol. The summed E-state index contributed by atoms with van der Waals surface area (Å²) < 4.78 is 25.9. The number of benzene rings is 4. The molecule has 1 unspecified atom stereocenters. The van der Waals surface area contributed by atoms with Crippen LogP contribution in [0.15, 0.2) is 97.1 Å². The molecule has 0 radical (unpaired) electrons. The minimum Gasteiger partial charge on any atom is -0.486 e. The molecule has 3 N–H and O–H groups in total. The van der Waals surface area contributed by atoms with Gasteiger partial charge in [0.1, 0.15) is 23.4 Å². The summed E-state index contributed by atoms with van der Waals surface area (Å²) in [7, 11) is 1.98. The first-order valence-corrected chi connectivity index (χ1v) is 15.6. The van der Waals surface area contributed by atoms with E-state index in [0.29, 0.717) is 19.6 Å². The number of aliphatic hydroxyl groups excluding tert-OH is 2. The Balaban J connectivity index is 1.36. The van der Waals surface area contributed by atoms with Crippen LogP contribution in [0.25, 0.3) is 0 Å². The van der Waals surface area contributed by atoms with Crippen LogP contribution in [0.5, 0.6) is 17.2 Å². The fourth-order valence-electron chi connectivity index (χ4n) is 5.53. The van der Waals surface area contributed by atoms with Gasteiger partial charge in [0.15, 0.2) is 11.9 Å². The molecule has 1 aliphatic rings. The van der Waals surface area contributed by atoms with Crippen molar-refractivity contribution in [2.75, 3.05) is 32.1 Å². The van der Waals surface area contributed by atoms with Crippen LogP contribution in [0.4, 0.5) is 10.1 Å². The third kappa shape index (κ3) is 8.34. The predicted octanol–water partition coefficient (Wildman–Crippen LogP) is 5.64. The quantitative estimate of drug-likeness (QED) is 0.194. The summed E-state index contributed by atoms with van der Waals surface area (Å²) in [6, 6.07) is 26.8. The molecule has 0 saturated carbocycles. The fraction of sp³-hybridized carbons (Fsp3) is 0.297. The van der Waals surface area contributed by atoms with E-state index in [0.717, 1.165) is 29.2 Å². The molecule has 1 aliphatic heterocycles. The normalized spacial score (nSPS) is 17.6. The molecule has 0 aliphatic carbocycles. The lowest BCUT2D eigenvalue weighted by atomic mass is 9.98. The Kier molecular flexibility index (Phi) is 10.9. The van der Waals surface area contributed by atoms with Crippen molar-refractivity contribution in [2.45, 2.75) is 38.6 Å². The van der Waals surface area contributed by atoms with Crippen molar-refractivity contribution in [1.29, 1.82) is 0 Å². The van der Waals surface area contributed by atoms with Gasteiger partial charge in [-0.2, -0.15) is 0 Å². The van der Waals surface area contributed by atoms with Crippen molar-refractivity contribution in [1.82, 2.24) is 9.80 Å². The van der Waals surface area contributed by atoms with E-state index in [1.54, 1.807) is 30.0 Å². The number of hydrogen-bond donors (Lipinski definition) is 3. The van der Waals surface area contributed by atoms with Gasteiger partial charge in [-0.3, -0.25) is 14.5 Å². The lowest BCUT2D eigenvalue weighted by molar-refractivity contribution is -0.124. The Bertz CT molecular complexity index is 1650.